The van der Waals surface area contributed by atoms with E-state index in [1.807, 2.05) is 13.0 Å². The normalized spacial score (nSPS) is 10.0. The minimum atomic E-state index is -0.869. The van der Waals surface area contributed by atoms with E-state index in [0.717, 1.165) is 11.1 Å². The van der Waals surface area contributed by atoms with Gasteiger partial charge < -0.3 is 4.84 Å². The van der Waals surface area contributed by atoms with Gasteiger partial charge in [-0.15, -0.1) is 0 Å². The van der Waals surface area contributed by atoms with Crippen molar-refractivity contribution in [3.05, 3.63) is 52.9 Å². The Bertz CT molecular complexity index is 851. The summed E-state index contributed by atoms with van der Waals surface area (Å²) < 4.78 is 13.4. The van der Waals surface area contributed by atoms with Crippen molar-refractivity contribution in [1.29, 1.82) is 10.7 Å². The highest BCUT2D eigenvalue weighted by atomic mass is 35.5. The minimum absolute atomic E-state index is 0.107. The largest absolute Gasteiger partial charge is 0.377 e. The summed E-state index contributed by atoms with van der Waals surface area (Å²) in [7, 11) is 0. The predicted molar refractivity (Wildman–Crippen MR) is 91.2 cm³/mol. The Labute approximate surface area is 148 Å². The van der Waals surface area contributed by atoms with Crippen LogP contribution in [-0.4, -0.2) is 16.7 Å². The van der Waals surface area contributed by atoms with Gasteiger partial charge >= 0.3 is 5.97 Å². The average molecular weight is 361 g/mol. The Hall–Kier alpha value is -2.98. The van der Waals surface area contributed by atoms with Gasteiger partial charge in [0.05, 0.1) is 10.7 Å². The summed E-state index contributed by atoms with van der Waals surface area (Å²) in [5, 5.41) is 17.5. The molecule has 1 heterocycles. The molecule has 0 amide bonds. The molecular formula is C17H14ClFN4O2. The van der Waals surface area contributed by atoms with Gasteiger partial charge in [0.25, 0.3) is 0 Å². The molecule has 0 unspecified atom stereocenters. The van der Waals surface area contributed by atoms with E-state index in [2.05, 4.69) is 4.98 Å². The predicted octanol–water partition coefficient (Wildman–Crippen LogP) is 4.16. The topological polar surface area (TPSA) is 90.1 Å². The fraction of sp³-hybridized carbons (Fsp3) is 0.176. The van der Waals surface area contributed by atoms with Crippen molar-refractivity contribution in [2.24, 2.45) is 0 Å². The monoisotopic (exact) mass is 360 g/mol. The number of pyridine rings is 1. The zero-order valence-electron chi connectivity index (χ0n) is 13.3. The van der Waals surface area contributed by atoms with Gasteiger partial charge in [-0.1, -0.05) is 31.0 Å². The maximum Gasteiger partial charge on any atom is 0.377 e. The quantitative estimate of drug-likeness (QED) is 0.617. The van der Waals surface area contributed by atoms with Gasteiger partial charge in [0.1, 0.15) is 23.3 Å². The van der Waals surface area contributed by atoms with Crippen LogP contribution in [0.1, 0.15) is 25.5 Å². The van der Waals surface area contributed by atoms with Crippen molar-refractivity contribution in [3.8, 4) is 6.07 Å². The second-order valence-corrected chi connectivity index (χ2v) is 5.40. The van der Waals surface area contributed by atoms with Crippen LogP contribution in [0.15, 0.2) is 36.4 Å². The highest BCUT2D eigenvalue weighted by Gasteiger charge is 2.21. The molecule has 0 saturated carbocycles. The number of aromatic nitrogens is 1. The first-order valence-corrected chi connectivity index (χ1v) is 7.76. The smallest absolute Gasteiger partial charge is 0.328 e. The molecule has 0 aliphatic rings. The standard InChI is InChI=1S/C17H14ClFN4O2/c1-2-4-15(21)17(24)25-23(12-7-8-14(19)13(18)9-12)16-6-3-5-11(10-20)22-16/h3,5-9,21H,2,4H2,1H3. The SMILES string of the molecule is CCCC(=N)C(=O)ON(c1ccc(F)c(Cl)c1)c1cccc(C#N)n1. The molecule has 1 aromatic heterocycles. The molecule has 0 bridgehead atoms. The average Bonchev–Trinajstić information content (AvgIpc) is 2.62. The minimum Gasteiger partial charge on any atom is -0.328 e. The first-order valence-electron chi connectivity index (χ1n) is 7.38. The number of hydrogen-bond acceptors (Lipinski definition) is 6. The molecule has 0 radical (unpaired) electrons. The van der Waals surface area contributed by atoms with Crippen molar-refractivity contribution in [2.45, 2.75) is 19.8 Å². The van der Waals surface area contributed by atoms with Crippen molar-refractivity contribution in [3.63, 3.8) is 0 Å². The van der Waals surface area contributed by atoms with Crippen molar-refractivity contribution in [1.82, 2.24) is 4.98 Å². The first kappa shape index (κ1) is 18.4. The van der Waals surface area contributed by atoms with Crippen LogP contribution >= 0.6 is 11.6 Å². The Kier molecular flexibility index (Phi) is 6.03. The van der Waals surface area contributed by atoms with Crippen LogP contribution < -0.4 is 5.06 Å². The molecule has 0 aliphatic heterocycles. The van der Waals surface area contributed by atoms with Gasteiger partial charge in [0, 0.05) is 0 Å². The van der Waals surface area contributed by atoms with Crippen LogP contribution in [-0.2, 0) is 9.63 Å². The molecule has 6 nitrogen and oxygen atoms in total. The van der Waals surface area contributed by atoms with Gasteiger partial charge in [-0.3, -0.25) is 5.41 Å². The number of halogens is 2. The number of nitriles is 1. The van der Waals surface area contributed by atoms with Crippen LogP contribution in [0.3, 0.4) is 0 Å². The number of nitrogens with zero attached hydrogens (tertiary/aromatic N) is 3. The van der Waals surface area contributed by atoms with Crippen LogP contribution in [0.5, 0.6) is 0 Å². The molecular weight excluding hydrogens is 347 g/mol. The number of hydrogen-bond donors (Lipinski definition) is 1. The maximum absolute atomic E-state index is 13.4. The van der Waals surface area contributed by atoms with Gasteiger partial charge in [0.2, 0.25) is 0 Å². The summed E-state index contributed by atoms with van der Waals surface area (Å²) >= 11 is 5.80. The molecule has 128 valence electrons. The summed E-state index contributed by atoms with van der Waals surface area (Å²) in [6.07, 6.45) is 0.862. The van der Waals surface area contributed by atoms with E-state index in [4.69, 9.17) is 27.1 Å². The zero-order chi connectivity index (χ0) is 18.4. The molecule has 8 heteroatoms. The van der Waals surface area contributed by atoms with E-state index in [9.17, 15) is 9.18 Å². The van der Waals surface area contributed by atoms with Crippen molar-refractivity contribution >= 4 is 34.8 Å². The van der Waals surface area contributed by atoms with Gasteiger partial charge in [-0.25, -0.2) is 14.2 Å². The molecule has 25 heavy (non-hydrogen) atoms. The van der Waals surface area contributed by atoms with Crippen LogP contribution in [0, 0.1) is 22.6 Å². The molecule has 0 fully saturated rings. The highest BCUT2D eigenvalue weighted by molar-refractivity contribution is 6.35. The number of anilines is 2. The van der Waals surface area contributed by atoms with Crippen molar-refractivity contribution in [2.75, 3.05) is 5.06 Å². The van der Waals surface area contributed by atoms with E-state index in [0.29, 0.717) is 6.42 Å². The molecule has 0 aliphatic carbocycles. The Morgan fingerprint density at radius 2 is 2.20 bits per heavy atom. The lowest BCUT2D eigenvalue weighted by Crippen LogP contribution is -2.28. The molecule has 2 aromatic rings. The molecule has 2 rings (SSSR count). The fourth-order valence-electron chi connectivity index (χ4n) is 1.93. The molecule has 1 N–H and O–H groups in total. The Morgan fingerprint density at radius 1 is 1.44 bits per heavy atom. The van der Waals surface area contributed by atoms with Crippen LogP contribution in [0.25, 0.3) is 0 Å². The maximum atomic E-state index is 13.4. The van der Waals surface area contributed by atoms with Gasteiger partial charge in [-0.05, 0) is 36.8 Å². The number of rotatable bonds is 6. The third kappa shape index (κ3) is 4.52. The molecule has 1 aromatic carbocycles. The van der Waals surface area contributed by atoms with E-state index < -0.39 is 11.8 Å². The number of benzene rings is 1. The second-order valence-electron chi connectivity index (χ2n) is 4.99. The molecule has 0 atom stereocenters. The summed E-state index contributed by atoms with van der Waals surface area (Å²) in [5.41, 5.74) is 0.124. The lowest BCUT2D eigenvalue weighted by molar-refractivity contribution is -0.136. The summed E-state index contributed by atoms with van der Waals surface area (Å²) in [6, 6.07) is 10.2. The lowest BCUT2D eigenvalue weighted by Gasteiger charge is -2.22. The summed E-state index contributed by atoms with van der Waals surface area (Å²) in [4.78, 5) is 21.4. The summed E-state index contributed by atoms with van der Waals surface area (Å²) in [5.74, 6) is -1.38. The number of carbonyl (C=O) groups is 1. The third-order valence-electron chi connectivity index (χ3n) is 3.12. The van der Waals surface area contributed by atoms with E-state index in [-0.39, 0.29) is 34.4 Å². The zero-order valence-corrected chi connectivity index (χ0v) is 14.0. The highest BCUT2D eigenvalue weighted by Crippen LogP contribution is 2.28. The van der Waals surface area contributed by atoms with Crippen LogP contribution in [0.2, 0.25) is 5.02 Å². The molecule has 0 saturated heterocycles. The van der Waals surface area contributed by atoms with E-state index in [1.54, 1.807) is 6.07 Å². The fourth-order valence-corrected chi connectivity index (χ4v) is 2.11. The van der Waals surface area contributed by atoms with Gasteiger partial charge in [-0.2, -0.15) is 10.3 Å². The Balaban J connectivity index is 2.43. The molecule has 0 spiro atoms. The van der Waals surface area contributed by atoms with E-state index >= 15 is 0 Å². The Morgan fingerprint density at radius 3 is 2.84 bits per heavy atom. The van der Waals surface area contributed by atoms with Gasteiger partial charge in [0.15, 0.2) is 5.82 Å². The third-order valence-corrected chi connectivity index (χ3v) is 3.40. The first-order chi connectivity index (χ1) is 12.0. The lowest BCUT2D eigenvalue weighted by atomic mass is 10.2. The second kappa shape index (κ2) is 8.22. The number of nitrogens with one attached hydrogen (secondary N) is 1. The number of carbonyl (C=O) groups excluding carboxylic acids is 1. The van der Waals surface area contributed by atoms with E-state index in [1.165, 1.54) is 24.3 Å². The van der Waals surface area contributed by atoms with Crippen LogP contribution in [0.4, 0.5) is 15.9 Å². The van der Waals surface area contributed by atoms with Crippen molar-refractivity contribution < 1.29 is 14.0 Å². The summed E-state index contributed by atoms with van der Waals surface area (Å²) in [6.45, 7) is 1.83.